The quantitative estimate of drug-likeness (QED) is 0.354. The second-order valence-corrected chi connectivity index (χ2v) is 9.52. The molecule has 0 radical (unpaired) electrons. The second kappa shape index (κ2) is 15.0. The Balaban J connectivity index is 1.73. The van der Waals surface area contributed by atoms with E-state index in [1.807, 2.05) is 6.07 Å². The van der Waals surface area contributed by atoms with Crippen molar-refractivity contribution in [1.29, 1.82) is 0 Å². The molecule has 2 heterocycles. The molecule has 1 fully saturated rings. The first-order valence-corrected chi connectivity index (χ1v) is 12.8. The number of benzene rings is 1. The molecule has 0 spiro atoms. The first kappa shape index (κ1) is 29.8. The Kier molecular flexibility index (Phi) is 11.5. The van der Waals surface area contributed by atoms with Crippen LogP contribution in [0.4, 0.5) is 0 Å². The molecule has 0 unspecified atom stereocenters. The number of nitrogens with zero attached hydrogens (tertiary/aromatic N) is 5. The summed E-state index contributed by atoms with van der Waals surface area (Å²) in [4.78, 5) is 58.7. The van der Waals surface area contributed by atoms with Gasteiger partial charge in [-0.3, -0.25) is 43.8 Å². The summed E-state index contributed by atoms with van der Waals surface area (Å²) >= 11 is 0. The SMILES string of the molecule is O=C(O)CN1CCN(CC(=O)O)CCN(Cc2ccc(C(=O)c3ccccc3)cn2)CCN(CC(=O)O)CC1. The van der Waals surface area contributed by atoms with Crippen LogP contribution in [0.25, 0.3) is 0 Å². The third kappa shape index (κ3) is 10.5. The Labute approximate surface area is 227 Å². The zero-order valence-electron chi connectivity index (χ0n) is 21.8. The van der Waals surface area contributed by atoms with Crippen molar-refractivity contribution in [3.8, 4) is 0 Å². The van der Waals surface area contributed by atoms with Gasteiger partial charge in [0, 0.05) is 76.2 Å². The van der Waals surface area contributed by atoms with Crippen molar-refractivity contribution in [2.45, 2.75) is 6.54 Å². The molecule has 2 aromatic rings. The van der Waals surface area contributed by atoms with Gasteiger partial charge in [-0.1, -0.05) is 30.3 Å². The molecule has 1 aromatic heterocycles. The van der Waals surface area contributed by atoms with E-state index in [4.69, 9.17) is 0 Å². The van der Waals surface area contributed by atoms with Gasteiger partial charge in [0.2, 0.25) is 0 Å². The van der Waals surface area contributed by atoms with Crippen molar-refractivity contribution in [1.82, 2.24) is 24.6 Å². The maximum absolute atomic E-state index is 12.7. The highest BCUT2D eigenvalue weighted by atomic mass is 16.4. The summed E-state index contributed by atoms with van der Waals surface area (Å²) in [6, 6.07) is 12.5. The van der Waals surface area contributed by atoms with E-state index in [1.165, 1.54) is 0 Å². The molecule has 12 heteroatoms. The van der Waals surface area contributed by atoms with E-state index >= 15 is 0 Å². The fourth-order valence-electron chi connectivity index (χ4n) is 4.42. The first-order valence-electron chi connectivity index (χ1n) is 12.8. The number of rotatable bonds is 10. The highest BCUT2D eigenvalue weighted by Gasteiger charge is 2.20. The third-order valence-corrected chi connectivity index (χ3v) is 6.51. The van der Waals surface area contributed by atoms with Crippen LogP contribution in [0.3, 0.4) is 0 Å². The summed E-state index contributed by atoms with van der Waals surface area (Å²) in [5.41, 5.74) is 1.79. The summed E-state index contributed by atoms with van der Waals surface area (Å²) in [6.45, 7) is 3.16. The van der Waals surface area contributed by atoms with Crippen LogP contribution in [0.5, 0.6) is 0 Å². The molecule has 0 aliphatic carbocycles. The predicted octanol–water partition coefficient (Wildman–Crippen LogP) is 0.288. The monoisotopic (exact) mass is 541 g/mol. The highest BCUT2D eigenvalue weighted by Crippen LogP contribution is 2.11. The second-order valence-electron chi connectivity index (χ2n) is 9.52. The third-order valence-electron chi connectivity index (χ3n) is 6.51. The van der Waals surface area contributed by atoms with E-state index in [0.717, 1.165) is 5.69 Å². The minimum atomic E-state index is -0.994. The molecule has 39 heavy (non-hydrogen) atoms. The van der Waals surface area contributed by atoms with Crippen molar-refractivity contribution in [2.75, 3.05) is 72.0 Å². The number of carboxylic acids is 3. The fourth-order valence-corrected chi connectivity index (χ4v) is 4.42. The fraction of sp³-hybridized carbons (Fsp3) is 0.444. The lowest BCUT2D eigenvalue weighted by atomic mass is 10.1. The molecule has 210 valence electrons. The molecular weight excluding hydrogens is 506 g/mol. The summed E-state index contributed by atoms with van der Waals surface area (Å²) in [5.74, 6) is -3.05. The molecule has 0 bridgehead atoms. The van der Waals surface area contributed by atoms with Crippen molar-refractivity contribution in [3.63, 3.8) is 0 Å². The minimum absolute atomic E-state index is 0.119. The topological polar surface area (TPSA) is 155 Å². The molecule has 12 nitrogen and oxygen atoms in total. The molecular formula is C27H35N5O7. The summed E-state index contributed by atoms with van der Waals surface area (Å²) in [7, 11) is 0. The van der Waals surface area contributed by atoms with Crippen molar-refractivity contribution < 1.29 is 34.5 Å². The Hall–Kier alpha value is -3.71. The highest BCUT2D eigenvalue weighted by molar-refractivity contribution is 6.08. The van der Waals surface area contributed by atoms with Crippen LogP contribution < -0.4 is 0 Å². The number of carboxylic acid groups (broad SMARTS) is 3. The van der Waals surface area contributed by atoms with Gasteiger partial charge in [0.1, 0.15) is 0 Å². The van der Waals surface area contributed by atoms with E-state index in [2.05, 4.69) is 9.88 Å². The molecule has 1 aliphatic heterocycles. The van der Waals surface area contributed by atoms with Crippen molar-refractivity contribution in [2.24, 2.45) is 0 Å². The molecule has 3 rings (SSSR count). The van der Waals surface area contributed by atoms with Crippen molar-refractivity contribution in [3.05, 3.63) is 65.5 Å². The molecule has 0 saturated carbocycles. The summed E-state index contributed by atoms with van der Waals surface area (Å²) in [6.07, 6.45) is 1.55. The Bertz CT molecular complexity index is 1080. The van der Waals surface area contributed by atoms with E-state index in [9.17, 15) is 34.5 Å². The standard InChI is InChI=1S/C27H35N5O7/c33-24(34)18-30-10-8-29(9-11-31(19-25(35)36)13-15-32(14-12-30)20-26(37)38)17-23-7-6-22(16-28-23)27(39)21-4-2-1-3-5-21/h1-7,16H,8-15,17-20H2,(H,33,34)(H,35,36)(H,37,38). The summed E-state index contributed by atoms with van der Waals surface area (Å²) in [5, 5.41) is 28.0. The van der Waals surface area contributed by atoms with Gasteiger partial charge in [0.15, 0.2) is 5.78 Å². The average Bonchev–Trinajstić information content (AvgIpc) is 2.90. The van der Waals surface area contributed by atoms with Gasteiger partial charge in [-0.15, -0.1) is 0 Å². The Morgan fingerprint density at radius 1 is 0.590 bits per heavy atom. The molecule has 0 amide bonds. The van der Waals surface area contributed by atoms with E-state index in [0.29, 0.717) is 70.0 Å². The van der Waals surface area contributed by atoms with Gasteiger partial charge < -0.3 is 15.3 Å². The van der Waals surface area contributed by atoms with Crippen LogP contribution in [0.15, 0.2) is 48.7 Å². The van der Waals surface area contributed by atoms with E-state index < -0.39 is 17.9 Å². The maximum Gasteiger partial charge on any atom is 0.317 e. The van der Waals surface area contributed by atoms with Gasteiger partial charge in [-0.2, -0.15) is 0 Å². The lowest BCUT2D eigenvalue weighted by Crippen LogP contribution is -2.48. The number of aliphatic carboxylic acids is 3. The molecule has 1 aromatic carbocycles. The van der Waals surface area contributed by atoms with Gasteiger partial charge in [-0.05, 0) is 12.1 Å². The van der Waals surface area contributed by atoms with Crippen LogP contribution >= 0.6 is 0 Å². The van der Waals surface area contributed by atoms with Crippen molar-refractivity contribution >= 4 is 23.7 Å². The number of carbonyl (C=O) groups excluding carboxylic acids is 1. The smallest absolute Gasteiger partial charge is 0.317 e. The van der Waals surface area contributed by atoms with Gasteiger partial charge in [0.05, 0.1) is 25.3 Å². The van der Waals surface area contributed by atoms with Gasteiger partial charge in [-0.25, -0.2) is 0 Å². The lowest BCUT2D eigenvalue weighted by Gasteiger charge is -2.33. The molecule has 0 atom stereocenters. The maximum atomic E-state index is 12.7. The normalized spacial score (nSPS) is 17.1. The first-order chi connectivity index (χ1) is 18.7. The zero-order valence-corrected chi connectivity index (χ0v) is 21.8. The lowest BCUT2D eigenvalue weighted by molar-refractivity contribution is -0.140. The number of pyridine rings is 1. The van der Waals surface area contributed by atoms with Crippen LogP contribution in [-0.4, -0.2) is 136 Å². The number of carbonyl (C=O) groups is 4. The van der Waals surface area contributed by atoms with Gasteiger partial charge >= 0.3 is 17.9 Å². The zero-order chi connectivity index (χ0) is 28.2. The number of hydrogen-bond donors (Lipinski definition) is 3. The van der Waals surface area contributed by atoms with Gasteiger partial charge in [0.25, 0.3) is 0 Å². The van der Waals surface area contributed by atoms with Crippen LogP contribution in [0.1, 0.15) is 21.6 Å². The largest absolute Gasteiger partial charge is 0.480 e. The van der Waals surface area contributed by atoms with Crippen LogP contribution in [0.2, 0.25) is 0 Å². The van der Waals surface area contributed by atoms with E-state index in [1.54, 1.807) is 57.3 Å². The Morgan fingerprint density at radius 3 is 1.41 bits per heavy atom. The van der Waals surface area contributed by atoms with E-state index in [-0.39, 0.29) is 25.4 Å². The predicted molar refractivity (Wildman–Crippen MR) is 142 cm³/mol. The molecule has 1 aliphatic rings. The molecule has 3 N–H and O–H groups in total. The number of ketones is 1. The summed E-state index contributed by atoms with van der Waals surface area (Å²) < 4.78 is 0. The molecule has 1 saturated heterocycles. The number of aromatic nitrogens is 1. The number of hydrogen-bond acceptors (Lipinski definition) is 9. The Morgan fingerprint density at radius 2 is 1.03 bits per heavy atom. The van der Waals surface area contributed by atoms with Crippen LogP contribution in [-0.2, 0) is 20.9 Å². The van der Waals surface area contributed by atoms with Crippen LogP contribution in [0, 0.1) is 0 Å². The minimum Gasteiger partial charge on any atom is -0.480 e. The average molecular weight is 542 g/mol.